The van der Waals surface area contributed by atoms with Gasteiger partial charge in [0.15, 0.2) is 11.5 Å². The van der Waals surface area contributed by atoms with E-state index < -0.39 is 0 Å². The highest BCUT2D eigenvalue weighted by molar-refractivity contribution is 5.74. The Labute approximate surface area is 100 Å². The Balaban J connectivity index is 3.18. The third kappa shape index (κ3) is 2.81. The van der Waals surface area contributed by atoms with Gasteiger partial charge < -0.3 is 18.9 Å². The van der Waals surface area contributed by atoms with Crippen molar-refractivity contribution in [3.8, 4) is 23.0 Å². The second kappa shape index (κ2) is 5.98. The van der Waals surface area contributed by atoms with Gasteiger partial charge in [0.05, 0.1) is 21.3 Å². The van der Waals surface area contributed by atoms with Gasteiger partial charge in [-0.1, -0.05) is 6.92 Å². The average Bonchev–Trinajstić information content (AvgIpc) is 2.37. The second-order valence-corrected chi connectivity index (χ2v) is 3.16. The molecule has 0 radical (unpaired) electrons. The van der Waals surface area contributed by atoms with E-state index in [4.69, 9.17) is 18.9 Å². The van der Waals surface area contributed by atoms with E-state index in [9.17, 15) is 4.79 Å². The molecule has 0 aliphatic rings. The zero-order chi connectivity index (χ0) is 12.8. The van der Waals surface area contributed by atoms with Crippen LogP contribution in [0.3, 0.4) is 0 Å². The van der Waals surface area contributed by atoms with Crippen LogP contribution in [0.5, 0.6) is 23.0 Å². The number of esters is 1. The maximum Gasteiger partial charge on any atom is 0.311 e. The summed E-state index contributed by atoms with van der Waals surface area (Å²) >= 11 is 0. The van der Waals surface area contributed by atoms with E-state index in [1.165, 1.54) is 21.3 Å². The second-order valence-electron chi connectivity index (χ2n) is 3.16. The Hall–Kier alpha value is -1.91. The normalized spacial score (nSPS) is 9.65. The summed E-state index contributed by atoms with van der Waals surface area (Å²) in [6, 6.07) is 3.26. The smallest absolute Gasteiger partial charge is 0.311 e. The van der Waals surface area contributed by atoms with Crippen molar-refractivity contribution in [1.29, 1.82) is 0 Å². The molecule has 5 nitrogen and oxygen atoms in total. The van der Waals surface area contributed by atoms with Gasteiger partial charge in [0.1, 0.15) is 0 Å². The summed E-state index contributed by atoms with van der Waals surface area (Å²) in [6.45, 7) is 1.72. The molecule has 0 heterocycles. The van der Waals surface area contributed by atoms with Gasteiger partial charge in [-0.2, -0.15) is 0 Å². The van der Waals surface area contributed by atoms with Gasteiger partial charge in [-0.25, -0.2) is 0 Å². The highest BCUT2D eigenvalue weighted by Gasteiger charge is 2.18. The van der Waals surface area contributed by atoms with E-state index in [2.05, 4.69) is 0 Å². The maximum atomic E-state index is 11.3. The minimum atomic E-state index is -0.337. The number of methoxy groups -OCH3 is 3. The van der Waals surface area contributed by atoms with E-state index in [1.807, 2.05) is 0 Å². The van der Waals surface area contributed by atoms with Crippen LogP contribution in [0.25, 0.3) is 0 Å². The predicted molar refractivity (Wildman–Crippen MR) is 62.0 cm³/mol. The number of benzene rings is 1. The third-order valence-corrected chi connectivity index (χ3v) is 2.18. The van der Waals surface area contributed by atoms with Crippen molar-refractivity contribution in [2.75, 3.05) is 21.3 Å². The van der Waals surface area contributed by atoms with E-state index in [1.54, 1.807) is 19.1 Å². The summed E-state index contributed by atoms with van der Waals surface area (Å²) in [6.07, 6.45) is 0.289. The zero-order valence-corrected chi connectivity index (χ0v) is 10.4. The Morgan fingerprint density at radius 3 is 2.00 bits per heavy atom. The van der Waals surface area contributed by atoms with Crippen LogP contribution in [0.4, 0.5) is 0 Å². The molecule has 0 saturated carbocycles. The van der Waals surface area contributed by atoms with Crippen molar-refractivity contribution in [2.45, 2.75) is 13.3 Å². The first-order valence-electron chi connectivity index (χ1n) is 5.17. The molecule has 0 N–H and O–H groups in total. The van der Waals surface area contributed by atoms with E-state index in [-0.39, 0.29) is 12.4 Å². The molecule has 0 bridgehead atoms. The van der Waals surface area contributed by atoms with Crippen LogP contribution in [-0.2, 0) is 4.79 Å². The van der Waals surface area contributed by atoms with Gasteiger partial charge in [-0.3, -0.25) is 4.79 Å². The molecule has 1 rings (SSSR count). The lowest BCUT2D eigenvalue weighted by Crippen LogP contribution is -2.07. The van der Waals surface area contributed by atoms with E-state index in [0.29, 0.717) is 23.0 Å². The number of carbonyl (C=O) groups excluding carboxylic acids is 1. The van der Waals surface area contributed by atoms with Gasteiger partial charge >= 0.3 is 5.97 Å². The first kappa shape index (κ1) is 13.2. The Bertz CT molecular complexity index is 400. The number of ether oxygens (including phenoxy) is 4. The SMILES string of the molecule is CCC(=O)Oc1ccc(OC)c(OC)c1OC. The van der Waals surface area contributed by atoms with Gasteiger partial charge in [0.2, 0.25) is 11.5 Å². The fourth-order valence-corrected chi connectivity index (χ4v) is 1.35. The molecule has 17 heavy (non-hydrogen) atoms. The molecule has 5 heteroatoms. The van der Waals surface area contributed by atoms with Crippen molar-refractivity contribution >= 4 is 5.97 Å². The van der Waals surface area contributed by atoms with Gasteiger partial charge in [-0.15, -0.1) is 0 Å². The largest absolute Gasteiger partial charge is 0.493 e. The van der Waals surface area contributed by atoms with Crippen molar-refractivity contribution in [2.24, 2.45) is 0 Å². The summed E-state index contributed by atoms with van der Waals surface area (Å²) < 4.78 is 20.6. The lowest BCUT2D eigenvalue weighted by molar-refractivity contribution is -0.134. The summed E-state index contributed by atoms with van der Waals surface area (Å²) in [4.78, 5) is 11.3. The minimum Gasteiger partial charge on any atom is -0.493 e. The van der Waals surface area contributed by atoms with Crippen LogP contribution in [0, 0.1) is 0 Å². The summed E-state index contributed by atoms with van der Waals surface area (Å²) in [5.41, 5.74) is 0. The van der Waals surface area contributed by atoms with Crippen LogP contribution < -0.4 is 18.9 Å². The molecule has 0 aliphatic heterocycles. The van der Waals surface area contributed by atoms with Crippen LogP contribution >= 0.6 is 0 Å². The summed E-state index contributed by atoms with van der Waals surface area (Å²) in [5, 5.41) is 0. The molecular weight excluding hydrogens is 224 g/mol. The quantitative estimate of drug-likeness (QED) is 0.582. The van der Waals surface area contributed by atoms with E-state index in [0.717, 1.165) is 0 Å². The molecule has 0 aromatic heterocycles. The summed E-state index contributed by atoms with van der Waals surface area (Å²) in [5.74, 6) is 1.23. The number of carbonyl (C=O) groups is 1. The average molecular weight is 240 g/mol. The Morgan fingerprint density at radius 1 is 1.00 bits per heavy atom. The molecule has 1 aromatic carbocycles. The minimum absolute atomic E-state index is 0.289. The van der Waals surface area contributed by atoms with Crippen molar-refractivity contribution < 1.29 is 23.7 Å². The molecule has 0 amide bonds. The molecule has 0 unspecified atom stereocenters. The zero-order valence-electron chi connectivity index (χ0n) is 10.4. The molecule has 1 aromatic rings. The lowest BCUT2D eigenvalue weighted by atomic mass is 10.2. The fourth-order valence-electron chi connectivity index (χ4n) is 1.35. The summed E-state index contributed by atoms with van der Waals surface area (Å²) in [7, 11) is 4.49. The predicted octanol–water partition coefficient (Wildman–Crippen LogP) is 2.03. The molecule has 0 saturated heterocycles. The van der Waals surface area contributed by atoms with Crippen LogP contribution in [0.1, 0.15) is 13.3 Å². The topological polar surface area (TPSA) is 54.0 Å². The Morgan fingerprint density at radius 2 is 1.53 bits per heavy atom. The van der Waals surface area contributed by atoms with Crippen molar-refractivity contribution in [3.63, 3.8) is 0 Å². The molecule has 0 fully saturated rings. The van der Waals surface area contributed by atoms with Crippen molar-refractivity contribution in [3.05, 3.63) is 12.1 Å². The van der Waals surface area contributed by atoms with Crippen molar-refractivity contribution in [1.82, 2.24) is 0 Å². The Kier molecular flexibility index (Phi) is 4.63. The van der Waals surface area contributed by atoms with Gasteiger partial charge in [0, 0.05) is 6.42 Å². The monoisotopic (exact) mass is 240 g/mol. The standard InChI is InChI=1S/C12H16O5/c1-5-10(13)17-9-7-6-8(14-2)11(15-3)12(9)16-4/h6-7H,5H2,1-4H3. The van der Waals surface area contributed by atoms with Crippen LogP contribution in [0.2, 0.25) is 0 Å². The van der Waals surface area contributed by atoms with Crippen LogP contribution in [0.15, 0.2) is 12.1 Å². The highest BCUT2D eigenvalue weighted by Crippen LogP contribution is 2.43. The third-order valence-electron chi connectivity index (χ3n) is 2.18. The number of rotatable bonds is 5. The van der Waals surface area contributed by atoms with Gasteiger partial charge in [-0.05, 0) is 12.1 Å². The molecule has 0 atom stereocenters. The molecular formula is C12H16O5. The first-order chi connectivity index (χ1) is 8.17. The lowest BCUT2D eigenvalue weighted by Gasteiger charge is -2.15. The van der Waals surface area contributed by atoms with E-state index >= 15 is 0 Å². The number of hydrogen-bond donors (Lipinski definition) is 0. The fraction of sp³-hybridized carbons (Fsp3) is 0.417. The highest BCUT2D eigenvalue weighted by atomic mass is 16.6. The molecule has 0 spiro atoms. The number of hydrogen-bond acceptors (Lipinski definition) is 5. The first-order valence-corrected chi connectivity index (χ1v) is 5.17. The van der Waals surface area contributed by atoms with Crippen LogP contribution in [-0.4, -0.2) is 27.3 Å². The molecule has 94 valence electrons. The molecule has 0 aliphatic carbocycles. The van der Waals surface area contributed by atoms with Gasteiger partial charge in [0.25, 0.3) is 0 Å². The maximum absolute atomic E-state index is 11.3.